The number of benzene rings is 1. The van der Waals surface area contributed by atoms with Gasteiger partial charge in [0.15, 0.2) is 0 Å². The van der Waals surface area contributed by atoms with Crippen LogP contribution in [-0.2, 0) is 4.74 Å². The van der Waals surface area contributed by atoms with Gasteiger partial charge in [-0.2, -0.15) is 0 Å². The molecule has 0 heterocycles. The van der Waals surface area contributed by atoms with Crippen LogP contribution in [0.3, 0.4) is 0 Å². The Morgan fingerprint density at radius 1 is 1.33 bits per heavy atom. The summed E-state index contributed by atoms with van der Waals surface area (Å²) in [5.74, 6) is 0.948. The monoisotopic (exact) mass is 205 g/mol. The molecular formula is C13H19NO. The van der Waals surface area contributed by atoms with Crippen LogP contribution in [-0.4, -0.2) is 6.61 Å². The Labute approximate surface area is 91.4 Å². The zero-order valence-electron chi connectivity index (χ0n) is 9.28. The third-order valence-electron chi connectivity index (χ3n) is 3.00. The van der Waals surface area contributed by atoms with Crippen molar-refractivity contribution < 1.29 is 4.74 Å². The molecule has 0 spiro atoms. The van der Waals surface area contributed by atoms with E-state index in [9.17, 15) is 0 Å². The predicted octanol–water partition coefficient (Wildman–Crippen LogP) is 3.15. The number of ether oxygens (including phenoxy) is 1. The SMILES string of the molecule is CC(OCCC1CC1)c1ccc(N)cc1. The van der Waals surface area contributed by atoms with Crippen LogP contribution in [0.2, 0.25) is 0 Å². The molecule has 1 fully saturated rings. The fraction of sp³-hybridized carbons (Fsp3) is 0.538. The maximum Gasteiger partial charge on any atom is 0.0796 e. The average Bonchev–Trinajstić information content (AvgIpc) is 3.02. The van der Waals surface area contributed by atoms with Crippen LogP contribution in [0.4, 0.5) is 5.69 Å². The predicted molar refractivity (Wildman–Crippen MR) is 62.6 cm³/mol. The van der Waals surface area contributed by atoms with Gasteiger partial charge in [-0.1, -0.05) is 25.0 Å². The second-order valence-corrected chi connectivity index (χ2v) is 4.41. The van der Waals surface area contributed by atoms with E-state index in [2.05, 4.69) is 6.92 Å². The molecule has 0 aliphatic heterocycles. The Hall–Kier alpha value is -1.02. The second-order valence-electron chi connectivity index (χ2n) is 4.41. The highest BCUT2D eigenvalue weighted by molar-refractivity contribution is 5.39. The van der Waals surface area contributed by atoms with Gasteiger partial charge in [-0.3, -0.25) is 0 Å². The molecule has 0 saturated heterocycles. The first kappa shape index (κ1) is 10.5. The van der Waals surface area contributed by atoms with Gasteiger partial charge in [0.25, 0.3) is 0 Å². The molecule has 15 heavy (non-hydrogen) atoms. The van der Waals surface area contributed by atoms with E-state index >= 15 is 0 Å². The van der Waals surface area contributed by atoms with Gasteiger partial charge in [0.2, 0.25) is 0 Å². The highest BCUT2D eigenvalue weighted by atomic mass is 16.5. The first-order chi connectivity index (χ1) is 7.25. The molecule has 2 N–H and O–H groups in total. The van der Waals surface area contributed by atoms with Crippen molar-refractivity contribution in [1.29, 1.82) is 0 Å². The molecule has 0 amide bonds. The summed E-state index contributed by atoms with van der Waals surface area (Å²) >= 11 is 0. The number of nitrogen functional groups attached to an aromatic ring is 1. The standard InChI is InChI=1S/C13H19NO/c1-10(15-9-8-11-2-3-11)12-4-6-13(14)7-5-12/h4-7,10-11H,2-3,8-9,14H2,1H3. The summed E-state index contributed by atoms with van der Waals surface area (Å²) in [6.45, 7) is 2.98. The molecule has 0 radical (unpaired) electrons. The summed E-state index contributed by atoms with van der Waals surface area (Å²) in [4.78, 5) is 0. The van der Waals surface area contributed by atoms with Gasteiger partial charge >= 0.3 is 0 Å². The number of rotatable bonds is 5. The first-order valence-electron chi connectivity index (χ1n) is 5.73. The van der Waals surface area contributed by atoms with E-state index in [1.54, 1.807) is 0 Å². The van der Waals surface area contributed by atoms with Crippen LogP contribution in [0.15, 0.2) is 24.3 Å². The first-order valence-corrected chi connectivity index (χ1v) is 5.73. The molecule has 0 aromatic heterocycles. The van der Waals surface area contributed by atoms with Crippen molar-refractivity contribution in [3.8, 4) is 0 Å². The third kappa shape index (κ3) is 3.24. The third-order valence-corrected chi connectivity index (χ3v) is 3.00. The van der Waals surface area contributed by atoms with Crippen molar-refractivity contribution >= 4 is 5.69 Å². The smallest absolute Gasteiger partial charge is 0.0796 e. The molecule has 1 atom stereocenters. The van der Waals surface area contributed by atoms with Crippen LogP contribution in [0.5, 0.6) is 0 Å². The van der Waals surface area contributed by atoms with Crippen molar-refractivity contribution in [3.63, 3.8) is 0 Å². The van der Waals surface area contributed by atoms with Gasteiger partial charge in [0.1, 0.15) is 0 Å². The molecule has 2 rings (SSSR count). The molecule has 1 aromatic rings. The van der Waals surface area contributed by atoms with E-state index in [1.165, 1.54) is 24.8 Å². The summed E-state index contributed by atoms with van der Waals surface area (Å²) in [5, 5.41) is 0. The van der Waals surface area contributed by atoms with Gasteiger partial charge < -0.3 is 10.5 Å². The molecule has 1 unspecified atom stereocenters. The van der Waals surface area contributed by atoms with Crippen molar-refractivity contribution in [2.24, 2.45) is 5.92 Å². The Bertz CT molecular complexity index is 303. The van der Waals surface area contributed by atoms with E-state index in [4.69, 9.17) is 10.5 Å². The normalized spacial score (nSPS) is 17.7. The fourth-order valence-electron chi connectivity index (χ4n) is 1.68. The van der Waals surface area contributed by atoms with E-state index in [0.717, 1.165) is 18.2 Å². The average molecular weight is 205 g/mol. The lowest BCUT2D eigenvalue weighted by atomic mass is 10.1. The van der Waals surface area contributed by atoms with Crippen molar-refractivity contribution in [1.82, 2.24) is 0 Å². The molecule has 2 heteroatoms. The van der Waals surface area contributed by atoms with Gasteiger partial charge in [-0.05, 0) is 37.0 Å². The van der Waals surface area contributed by atoms with Gasteiger partial charge in [-0.15, -0.1) is 0 Å². The molecule has 1 aromatic carbocycles. The van der Waals surface area contributed by atoms with Crippen LogP contribution < -0.4 is 5.73 Å². The minimum absolute atomic E-state index is 0.185. The van der Waals surface area contributed by atoms with E-state index < -0.39 is 0 Å². The highest BCUT2D eigenvalue weighted by Gasteiger charge is 2.20. The van der Waals surface area contributed by atoms with Crippen molar-refractivity contribution in [2.45, 2.75) is 32.3 Å². The number of nitrogens with two attached hydrogens (primary N) is 1. The summed E-state index contributed by atoms with van der Waals surface area (Å²) in [7, 11) is 0. The number of anilines is 1. The number of hydrogen-bond donors (Lipinski definition) is 1. The molecular weight excluding hydrogens is 186 g/mol. The van der Waals surface area contributed by atoms with Crippen molar-refractivity contribution in [3.05, 3.63) is 29.8 Å². The van der Waals surface area contributed by atoms with E-state index in [-0.39, 0.29) is 6.10 Å². The number of hydrogen-bond acceptors (Lipinski definition) is 2. The minimum atomic E-state index is 0.185. The lowest BCUT2D eigenvalue weighted by molar-refractivity contribution is 0.0614. The molecule has 82 valence electrons. The Morgan fingerprint density at radius 3 is 2.60 bits per heavy atom. The topological polar surface area (TPSA) is 35.2 Å². The molecule has 1 aliphatic rings. The molecule has 1 saturated carbocycles. The summed E-state index contributed by atoms with van der Waals surface area (Å²) in [5.41, 5.74) is 7.65. The second kappa shape index (κ2) is 4.67. The maximum absolute atomic E-state index is 5.78. The van der Waals surface area contributed by atoms with Crippen LogP contribution >= 0.6 is 0 Å². The van der Waals surface area contributed by atoms with E-state index in [0.29, 0.717) is 0 Å². The highest BCUT2D eigenvalue weighted by Crippen LogP contribution is 2.32. The fourth-order valence-corrected chi connectivity index (χ4v) is 1.68. The lowest BCUT2D eigenvalue weighted by Gasteiger charge is -2.13. The lowest BCUT2D eigenvalue weighted by Crippen LogP contribution is -2.02. The molecule has 1 aliphatic carbocycles. The zero-order valence-corrected chi connectivity index (χ0v) is 9.28. The Morgan fingerprint density at radius 2 is 2.00 bits per heavy atom. The molecule has 0 bridgehead atoms. The Balaban J connectivity index is 1.78. The summed E-state index contributed by atoms with van der Waals surface area (Å²) < 4.78 is 5.78. The summed E-state index contributed by atoms with van der Waals surface area (Å²) in [6, 6.07) is 7.93. The van der Waals surface area contributed by atoms with Crippen LogP contribution in [0.25, 0.3) is 0 Å². The quantitative estimate of drug-likeness (QED) is 0.749. The van der Waals surface area contributed by atoms with Crippen LogP contribution in [0, 0.1) is 5.92 Å². The van der Waals surface area contributed by atoms with Gasteiger partial charge in [-0.25, -0.2) is 0 Å². The van der Waals surface area contributed by atoms with Gasteiger partial charge in [0, 0.05) is 12.3 Å². The largest absolute Gasteiger partial charge is 0.399 e. The van der Waals surface area contributed by atoms with Gasteiger partial charge in [0.05, 0.1) is 6.10 Å². The van der Waals surface area contributed by atoms with Crippen molar-refractivity contribution in [2.75, 3.05) is 12.3 Å². The Kier molecular flexibility index (Phi) is 3.27. The van der Waals surface area contributed by atoms with E-state index in [1.807, 2.05) is 24.3 Å². The zero-order chi connectivity index (χ0) is 10.7. The van der Waals surface area contributed by atoms with Crippen LogP contribution in [0.1, 0.15) is 37.9 Å². The summed E-state index contributed by atoms with van der Waals surface area (Å²) in [6.07, 6.45) is 4.21. The maximum atomic E-state index is 5.78. The molecule has 2 nitrogen and oxygen atoms in total. The minimum Gasteiger partial charge on any atom is -0.399 e.